The van der Waals surface area contributed by atoms with Crippen molar-refractivity contribution in [2.75, 3.05) is 0 Å². The predicted molar refractivity (Wildman–Crippen MR) is 85.9 cm³/mol. The third-order valence-corrected chi connectivity index (χ3v) is 5.09. The molecule has 2 N–H and O–H groups in total. The fraction of sp³-hybridized carbons (Fsp3) is 0.368. The Bertz CT molecular complexity index is 830. The first-order valence-corrected chi connectivity index (χ1v) is 7.88. The molecule has 0 spiro atoms. The molecular formula is C19H19F2NO. The summed E-state index contributed by atoms with van der Waals surface area (Å²) in [7, 11) is 0. The van der Waals surface area contributed by atoms with Gasteiger partial charge in [0.1, 0.15) is 17.4 Å². The van der Waals surface area contributed by atoms with Crippen molar-refractivity contribution in [1.82, 2.24) is 5.32 Å². The summed E-state index contributed by atoms with van der Waals surface area (Å²) in [6, 6.07) is 2.20. The summed E-state index contributed by atoms with van der Waals surface area (Å²) >= 11 is 0. The van der Waals surface area contributed by atoms with Crippen LogP contribution in [0.4, 0.5) is 8.78 Å². The minimum Gasteiger partial charge on any atom is -0.507 e. The van der Waals surface area contributed by atoms with E-state index in [-0.39, 0.29) is 22.8 Å². The van der Waals surface area contributed by atoms with Crippen molar-refractivity contribution in [3.8, 4) is 0 Å². The Labute approximate surface area is 134 Å². The van der Waals surface area contributed by atoms with Crippen LogP contribution in [0.3, 0.4) is 0 Å². The van der Waals surface area contributed by atoms with Crippen LogP contribution in [0.25, 0.3) is 5.76 Å². The average Bonchev–Trinajstić information content (AvgIpc) is 2.69. The van der Waals surface area contributed by atoms with Gasteiger partial charge in [-0.05, 0) is 55.5 Å². The lowest BCUT2D eigenvalue weighted by Crippen LogP contribution is -2.41. The molecule has 1 unspecified atom stereocenters. The van der Waals surface area contributed by atoms with Gasteiger partial charge in [-0.25, -0.2) is 8.78 Å². The Balaban J connectivity index is 1.84. The Morgan fingerprint density at radius 2 is 2.00 bits per heavy atom. The molecule has 2 aliphatic carbocycles. The highest BCUT2D eigenvalue weighted by Crippen LogP contribution is 2.52. The minimum absolute atomic E-state index is 0.0131. The molecule has 23 heavy (non-hydrogen) atoms. The van der Waals surface area contributed by atoms with E-state index < -0.39 is 11.6 Å². The van der Waals surface area contributed by atoms with Gasteiger partial charge in [0.25, 0.3) is 0 Å². The highest BCUT2D eigenvalue weighted by Gasteiger charge is 2.40. The van der Waals surface area contributed by atoms with Gasteiger partial charge in [-0.15, -0.1) is 0 Å². The van der Waals surface area contributed by atoms with Crippen LogP contribution in [-0.2, 0) is 0 Å². The number of aliphatic hydroxyl groups is 1. The molecule has 4 rings (SSSR count). The Morgan fingerprint density at radius 3 is 2.74 bits per heavy atom. The van der Waals surface area contributed by atoms with E-state index in [2.05, 4.69) is 32.2 Å². The molecular weight excluding hydrogens is 296 g/mol. The summed E-state index contributed by atoms with van der Waals surface area (Å²) in [5.41, 5.74) is 4.87. The highest BCUT2D eigenvalue weighted by molar-refractivity contribution is 5.75. The second-order valence-electron chi connectivity index (χ2n) is 7.29. The van der Waals surface area contributed by atoms with Crippen LogP contribution in [0.2, 0.25) is 0 Å². The lowest BCUT2D eigenvalue weighted by molar-refractivity contribution is 0.477. The van der Waals surface area contributed by atoms with E-state index >= 15 is 0 Å². The van der Waals surface area contributed by atoms with Gasteiger partial charge in [0.05, 0.1) is 11.1 Å². The van der Waals surface area contributed by atoms with Crippen molar-refractivity contribution in [2.45, 2.75) is 45.1 Å². The van der Waals surface area contributed by atoms with Crippen molar-refractivity contribution in [1.29, 1.82) is 0 Å². The maximum atomic E-state index is 14.1. The Kier molecular flexibility index (Phi) is 2.81. The van der Waals surface area contributed by atoms with Crippen LogP contribution in [-0.4, -0.2) is 10.6 Å². The summed E-state index contributed by atoms with van der Waals surface area (Å²) in [5, 5.41) is 14.0. The molecule has 0 aromatic heterocycles. The van der Waals surface area contributed by atoms with Crippen LogP contribution in [0.5, 0.6) is 0 Å². The minimum atomic E-state index is -0.682. The molecule has 3 aliphatic rings. The van der Waals surface area contributed by atoms with Crippen molar-refractivity contribution in [3.05, 3.63) is 63.4 Å². The monoisotopic (exact) mass is 315 g/mol. The van der Waals surface area contributed by atoms with Crippen LogP contribution < -0.4 is 5.32 Å². The number of hydrogen-bond donors (Lipinski definition) is 2. The van der Waals surface area contributed by atoms with Gasteiger partial charge >= 0.3 is 0 Å². The summed E-state index contributed by atoms with van der Waals surface area (Å²) in [5.74, 6) is -1.43. The largest absolute Gasteiger partial charge is 0.507 e. The molecule has 4 heteroatoms. The molecule has 1 aromatic carbocycles. The van der Waals surface area contributed by atoms with Crippen molar-refractivity contribution in [3.63, 3.8) is 0 Å². The fourth-order valence-electron chi connectivity index (χ4n) is 4.27. The molecule has 120 valence electrons. The normalized spacial score (nSPS) is 24.7. The molecule has 0 saturated carbocycles. The quantitative estimate of drug-likeness (QED) is 0.727. The molecule has 1 atom stereocenters. The summed E-state index contributed by atoms with van der Waals surface area (Å²) < 4.78 is 27.8. The summed E-state index contributed by atoms with van der Waals surface area (Å²) in [6.07, 6.45) is 3.40. The molecule has 2 nitrogen and oxygen atoms in total. The van der Waals surface area contributed by atoms with Crippen molar-refractivity contribution >= 4 is 5.76 Å². The first-order valence-electron chi connectivity index (χ1n) is 7.88. The van der Waals surface area contributed by atoms with Gasteiger partial charge in [-0.2, -0.15) is 0 Å². The van der Waals surface area contributed by atoms with E-state index in [1.165, 1.54) is 17.2 Å². The molecule has 1 aromatic rings. The molecule has 0 fully saturated rings. The summed E-state index contributed by atoms with van der Waals surface area (Å²) in [6.45, 7) is 6.27. The third-order valence-electron chi connectivity index (χ3n) is 5.09. The molecule has 0 bridgehead atoms. The Hall–Kier alpha value is -2.10. The molecule has 0 radical (unpaired) electrons. The number of benzene rings is 1. The molecule has 1 aliphatic heterocycles. The SMILES string of the molecule is CC1=CC(C)(C)NC2=C1CC1C(=C(O)c3c(F)cc(F)cc31)C2. The Morgan fingerprint density at radius 1 is 1.26 bits per heavy atom. The van der Waals surface area contributed by atoms with Gasteiger partial charge in [-0.3, -0.25) is 0 Å². The van der Waals surface area contributed by atoms with E-state index in [4.69, 9.17) is 0 Å². The summed E-state index contributed by atoms with van der Waals surface area (Å²) in [4.78, 5) is 0. The molecule has 0 amide bonds. The number of dihydropyridines is 1. The van der Waals surface area contributed by atoms with Gasteiger partial charge in [0.15, 0.2) is 0 Å². The van der Waals surface area contributed by atoms with Crippen LogP contribution >= 0.6 is 0 Å². The lowest BCUT2D eigenvalue weighted by Gasteiger charge is -2.38. The van der Waals surface area contributed by atoms with Crippen LogP contribution in [0.15, 0.2) is 40.6 Å². The maximum Gasteiger partial charge on any atom is 0.137 e. The second kappa shape index (κ2) is 4.47. The molecule has 1 heterocycles. The van der Waals surface area contributed by atoms with Crippen LogP contribution in [0.1, 0.15) is 50.7 Å². The third kappa shape index (κ3) is 2.04. The fourth-order valence-corrected chi connectivity index (χ4v) is 4.27. The number of allylic oxidation sites excluding steroid dienone is 3. The lowest BCUT2D eigenvalue weighted by atomic mass is 9.76. The van der Waals surface area contributed by atoms with Crippen molar-refractivity contribution in [2.24, 2.45) is 0 Å². The topological polar surface area (TPSA) is 32.3 Å². The van der Waals surface area contributed by atoms with E-state index in [0.717, 1.165) is 17.3 Å². The maximum absolute atomic E-state index is 14.1. The highest BCUT2D eigenvalue weighted by atomic mass is 19.1. The van der Waals surface area contributed by atoms with Gasteiger partial charge in [-0.1, -0.05) is 6.08 Å². The first-order chi connectivity index (χ1) is 10.8. The number of nitrogens with one attached hydrogen (secondary N) is 1. The number of halogens is 2. The van der Waals surface area contributed by atoms with Gasteiger partial charge < -0.3 is 10.4 Å². The molecule has 0 saturated heterocycles. The second-order valence-corrected chi connectivity index (χ2v) is 7.29. The number of hydrogen-bond acceptors (Lipinski definition) is 2. The van der Waals surface area contributed by atoms with Gasteiger partial charge in [0.2, 0.25) is 0 Å². The number of rotatable bonds is 0. The van der Waals surface area contributed by atoms with E-state index in [1.807, 2.05) is 0 Å². The zero-order chi connectivity index (χ0) is 16.5. The standard InChI is InChI=1S/C19H19F2NO/c1-9-8-19(2,3)22-16-7-14-12(6-11(9)16)13-4-10(20)5-15(21)17(13)18(14)23/h4-5,8,12,22-23H,6-7H2,1-3H3. The first kappa shape index (κ1) is 14.5. The van der Waals surface area contributed by atoms with Gasteiger partial charge in [0, 0.05) is 24.1 Å². The number of aliphatic hydroxyl groups excluding tert-OH is 1. The van der Waals surface area contributed by atoms with E-state index in [0.29, 0.717) is 18.4 Å². The zero-order valence-corrected chi connectivity index (χ0v) is 13.4. The van der Waals surface area contributed by atoms with Crippen molar-refractivity contribution < 1.29 is 13.9 Å². The zero-order valence-electron chi connectivity index (χ0n) is 13.4. The number of fused-ring (bicyclic) bond motifs is 3. The van der Waals surface area contributed by atoms with E-state index in [1.54, 1.807) is 0 Å². The smallest absolute Gasteiger partial charge is 0.137 e. The van der Waals surface area contributed by atoms with E-state index in [9.17, 15) is 13.9 Å². The predicted octanol–water partition coefficient (Wildman–Crippen LogP) is 4.71. The van der Waals surface area contributed by atoms with Crippen LogP contribution in [0, 0.1) is 11.6 Å². The average molecular weight is 315 g/mol.